The standard InChI is InChI=1S/C12H16FNS/c1-9-4-2-6-11(12(9)13)14-10-5-3-7-15-8-10/h2,4,6,10,14H,3,5,7-8H2,1H3. The molecule has 1 unspecified atom stereocenters. The number of benzene rings is 1. The van der Waals surface area contributed by atoms with E-state index in [4.69, 9.17) is 0 Å². The summed E-state index contributed by atoms with van der Waals surface area (Å²) < 4.78 is 13.7. The van der Waals surface area contributed by atoms with E-state index >= 15 is 0 Å². The molecule has 82 valence electrons. The highest BCUT2D eigenvalue weighted by Gasteiger charge is 2.15. The van der Waals surface area contributed by atoms with E-state index in [0.29, 0.717) is 17.3 Å². The maximum Gasteiger partial charge on any atom is 0.149 e. The molecule has 0 aliphatic carbocycles. The van der Waals surface area contributed by atoms with Crippen LogP contribution in [0.2, 0.25) is 0 Å². The van der Waals surface area contributed by atoms with Crippen molar-refractivity contribution in [2.75, 3.05) is 16.8 Å². The predicted molar refractivity (Wildman–Crippen MR) is 65.1 cm³/mol. The Morgan fingerprint density at radius 3 is 3.07 bits per heavy atom. The molecule has 1 aromatic carbocycles. The summed E-state index contributed by atoms with van der Waals surface area (Å²) in [5.74, 6) is 2.23. The molecule has 0 spiro atoms. The monoisotopic (exact) mass is 225 g/mol. The normalized spacial score (nSPS) is 21.3. The van der Waals surface area contributed by atoms with E-state index in [9.17, 15) is 4.39 Å². The van der Waals surface area contributed by atoms with E-state index in [2.05, 4.69) is 5.32 Å². The first kappa shape index (κ1) is 10.8. The Kier molecular flexibility index (Phi) is 3.52. The fourth-order valence-corrected chi connectivity index (χ4v) is 2.91. The molecule has 1 saturated heterocycles. The van der Waals surface area contributed by atoms with Crippen LogP contribution in [0.15, 0.2) is 18.2 Å². The molecule has 0 saturated carbocycles. The van der Waals surface area contributed by atoms with Crippen molar-refractivity contribution in [1.82, 2.24) is 0 Å². The highest BCUT2D eigenvalue weighted by molar-refractivity contribution is 7.99. The highest BCUT2D eigenvalue weighted by atomic mass is 32.2. The van der Waals surface area contributed by atoms with Crippen molar-refractivity contribution in [3.8, 4) is 0 Å². The first-order chi connectivity index (χ1) is 7.27. The van der Waals surface area contributed by atoms with Crippen molar-refractivity contribution < 1.29 is 4.39 Å². The van der Waals surface area contributed by atoms with Crippen LogP contribution in [0, 0.1) is 12.7 Å². The van der Waals surface area contributed by atoms with Crippen LogP contribution >= 0.6 is 11.8 Å². The molecular formula is C12H16FNS. The van der Waals surface area contributed by atoms with Gasteiger partial charge >= 0.3 is 0 Å². The SMILES string of the molecule is Cc1cccc(NC2CCCSC2)c1F. The van der Waals surface area contributed by atoms with Crippen molar-refractivity contribution in [2.45, 2.75) is 25.8 Å². The number of halogens is 1. The summed E-state index contributed by atoms with van der Waals surface area (Å²) in [4.78, 5) is 0. The van der Waals surface area contributed by atoms with Gasteiger partial charge in [-0.15, -0.1) is 0 Å². The Morgan fingerprint density at radius 1 is 1.47 bits per heavy atom. The van der Waals surface area contributed by atoms with E-state index in [1.807, 2.05) is 23.9 Å². The van der Waals surface area contributed by atoms with Crippen LogP contribution in [-0.4, -0.2) is 17.5 Å². The summed E-state index contributed by atoms with van der Waals surface area (Å²) in [6.07, 6.45) is 2.39. The van der Waals surface area contributed by atoms with Crippen LogP contribution in [0.1, 0.15) is 18.4 Å². The van der Waals surface area contributed by atoms with Gasteiger partial charge in [0.2, 0.25) is 0 Å². The average Bonchev–Trinajstić information content (AvgIpc) is 2.26. The molecule has 1 heterocycles. The van der Waals surface area contributed by atoms with Crippen LogP contribution in [-0.2, 0) is 0 Å². The van der Waals surface area contributed by atoms with Crippen LogP contribution in [0.25, 0.3) is 0 Å². The van der Waals surface area contributed by atoms with Crippen molar-refractivity contribution in [1.29, 1.82) is 0 Å². The molecule has 1 N–H and O–H groups in total. The molecule has 0 amide bonds. The number of aryl methyl sites for hydroxylation is 1. The lowest BCUT2D eigenvalue weighted by Gasteiger charge is -2.24. The van der Waals surface area contributed by atoms with E-state index in [-0.39, 0.29) is 5.82 Å². The van der Waals surface area contributed by atoms with Crippen molar-refractivity contribution in [2.24, 2.45) is 0 Å². The lowest BCUT2D eigenvalue weighted by molar-refractivity contribution is 0.612. The Bertz CT molecular complexity index is 334. The minimum absolute atomic E-state index is 0.104. The molecule has 1 fully saturated rings. The van der Waals surface area contributed by atoms with E-state index in [1.165, 1.54) is 12.2 Å². The highest BCUT2D eigenvalue weighted by Crippen LogP contribution is 2.23. The molecule has 1 atom stereocenters. The molecule has 3 heteroatoms. The third-order valence-electron chi connectivity index (χ3n) is 2.71. The van der Waals surface area contributed by atoms with Gasteiger partial charge in [-0.25, -0.2) is 4.39 Å². The molecule has 15 heavy (non-hydrogen) atoms. The zero-order valence-corrected chi connectivity index (χ0v) is 9.74. The Balaban J connectivity index is 2.06. The minimum Gasteiger partial charge on any atom is -0.379 e. The van der Waals surface area contributed by atoms with Crippen LogP contribution in [0.5, 0.6) is 0 Å². The molecular weight excluding hydrogens is 209 g/mol. The zero-order chi connectivity index (χ0) is 10.7. The average molecular weight is 225 g/mol. The lowest BCUT2D eigenvalue weighted by atomic mass is 10.1. The number of hydrogen-bond acceptors (Lipinski definition) is 2. The second-order valence-corrected chi connectivity index (χ2v) is 5.14. The predicted octanol–water partition coefficient (Wildman–Crippen LogP) is 3.44. The van der Waals surface area contributed by atoms with Gasteiger partial charge < -0.3 is 5.32 Å². The van der Waals surface area contributed by atoms with Gasteiger partial charge in [0.15, 0.2) is 0 Å². The quantitative estimate of drug-likeness (QED) is 0.827. The van der Waals surface area contributed by atoms with Crippen molar-refractivity contribution >= 4 is 17.4 Å². The van der Waals surface area contributed by atoms with Gasteiger partial charge in [-0.1, -0.05) is 12.1 Å². The van der Waals surface area contributed by atoms with Gasteiger partial charge in [-0.3, -0.25) is 0 Å². The first-order valence-corrected chi connectivity index (χ1v) is 6.52. The van der Waals surface area contributed by atoms with Crippen LogP contribution in [0.3, 0.4) is 0 Å². The minimum atomic E-state index is -0.104. The van der Waals surface area contributed by atoms with Gasteiger partial charge in [0.25, 0.3) is 0 Å². The Hall–Kier alpha value is -0.700. The first-order valence-electron chi connectivity index (χ1n) is 5.37. The number of rotatable bonds is 2. The maximum absolute atomic E-state index is 13.7. The number of thioether (sulfide) groups is 1. The van der Waals surface area contributed by atoms with Gasteiger partial charge in [-0.05, 0) is 37.1 Å². The van der Waals surface area contributed by atoms with E-state index in [0.717, 1.165) is 12.2 Å². The summed E-state index contributed by atoms with van der Waals surface area (Å²) in [7, 11) is 0. The van der Waals surface area contributed by atoms with Crippen LogP contribution in [0.4, 0.5) is 10.1 Å². The smallest absolute Gasteiger partial charge is 0.149 e. The van der Waals surface area contributed by atoms with Gasteiger partial charge in [0.1, 0.15) is 5.82 Å². The third kappa shape index (κ3) is 2.65. The number of hydrogen-bond donors (Lipinski definition) is 1. The Labute approximate surface area is 94.5 Å². The molecule has 1 nitrogen and oxygen atoms in total. The zero-order valence-electron chi connectivity index (χ0n) is 8.92. The summed E-state index contributed by atoms with van der Waals surface area (Å²) in [6, 6.07) is 5.95. The summed E-state index contributed by atoms with van der Waals surface area (Å²) >= 11 is 1.95. The van der Waals surface area contributed by atoms with Gasteiger partial charge in [0, 0.05) is 11.8 Å². The summed E-state index contributed by atoms with van der Waals surface area (Å²) in [6.45, 7) is 1.80. The third-order valence-corrected chi connectivity index (χ3v) is 3.93. The Morgan fingerprint density at radius 2 is 2.33 bits per heavy atom. The van der Waals surface area contributed by atoms with Crippen LogP contribution < -0.4 is 5.32 Å². The van der Waals surface area contributed by atoms with Crippen molar-refractivity contribution in [3.05, 3.63) is 29.6 Å². The fraction of sp³-hybridized carbons (Fsp3) is 0.500. The van der Waals surface area contributed by atoms with E-state index < -0.39 is 0 Å². The molecule has 0 bridgehead atoms. The molecule has 0 radical (unpaired) electrons. The van der Waals surface area contributed by atoms with Gasteiger partial charge in [-0.2, -0.15) is 11.8 Å². The largest absolute Gasteiger partial charge is 0.379 e. The lowest BCUT2D eigenvalue weighted by Crippen LogP contribution is -2.26. The number of anilines is 1. The van der Waals surface area contributed by atoms with E-state index in [1.54, 1.807) is 13.0 Å². The number of nitrogens with one attached hydrogen (secondary N) is 1. The second kappa shape index (κ2) is 4.88. The maximum atomic E-state index is 13.7. The molecule has 0 aromatic heterocycles. The van der Waals surface area contributed by atoms with Gasteiger partial charge in [0.05, 0.1) is 5.69 Å². The molecule has 1 aliphatic rings. The summed E-state index contributed by atoms with van der Waals surface area (Å²) in [5, 5.41) is 3.29. The topological polar surface area (TPSA) is 12.0 Å². The summed E-state index contributed by atoms with van der Waals surface area (Å²) in [5.41, 5.74) is 1.37. The molecule has 1 aromatic rings. The van der Waals surface area contributed by atoms with Crippen molar-refractivity contribution in [3.63, 3.8) is 0 Å². The fourth-order valence-electron chi connectivity index (χ4n) is 1.83. The molecule has 1 aliphatic heterocycles. The second-order valence-electron chi connectivity index (χ2n) is 3.99. The molecule has 2 rings (SSSR count).